The van der Waals surface area contributed by atoms with E-state index in [-0.39, 0.29) is 20.9 Å². The molecule has 1 saturated carbocycles. The van der Waals surface area contributed by atoms with Crippen molar-refractivity contribution in [2.75, 3.05) is 17.6 Å². The SMILES string of the molecule is CC(F)(F)CN=C(Nc1cc(SCC(F)(F)F)c(Cl)cc1Cl)C1CC1. The molecule has 1 aliphatic carbocycles. The molecule has 0 atom stereocenters. The normalized spacial score (nSPS) is 16.2. The molecule has 1 aliphatic rings. The van der Waals surface area contributed by atoms with Crippen LogP contribution in [0.3, 0.4) is 0 Å². The number of rotatable bonds is 6. The number of aliphatic imine (C=N–C) groups is 1. The summed E-state index contributed by atoms with van der Waals surface area (Å²) >= 11 is 12.5. The quantitative estimate of drug-likeness (QED) is 0.245. The lowest BCUT2D eigenvalue weighted by Crippen LogP contribution is -2.21. The summed E-state index contributed by atoms with van der Waals surface area (Å²) in [6.45, 7) is 0.0922. The predicted molar refractivity (Wildman–Crippen MR) is 92.5 cm³/mol. The summed E-state index contributed by atoms with van der Waals surface area (Å²) < 4.78 is 63.2. The van der Waals surface area contributed by atoms with E-state index < -0.39 is 24.4 Å². The van der Waals surface area contributed by atoms with Crippen LogP contribution in [0.2, 0.25) is 10.0 Å². The van der Waals surface area contributed by atoms with Crippen LogP contribution in [0.5, 0.6) is 0 Å². The van der Waals surface area contributed by atoms with Gasteiger partial charge in [-0.3, -0.25) is 4.99 Å². The Morgan fingerprint density at radius 3 is 2.36 bits per heavy atom. The van der Waals surface area contributed by atoms with Gasteiger partial charge in [-0.15, -0.1) is 11.8 Å². The number of thioether (sulfide) groups is 1. The van der Waals surface area contributed by atoms with Crippen LogP contribution in [-0.2, 0) is 0 Å². The fraction of sp³-hybridized carbons (Fsp3) is 0.533. The number of nitrogens with one attached hydrogen (secondary N) is 1. The minimum Gasteiger partial charge on any atom is -0.343 e. The minimum atomic E-state index is -4.34. The van der Waals surface area contributed by atoms with Crippen LogP contribution in [0.1, 0.15) is 19.8 Å². The van der Waals surface area contributed by atoms with Crippen LogP contribution in [-0.4, -0.2) is 30.2 Å². The number of nitrogens with zero attached hydrogens (tertiary/aromatic N) is 1. The average Bonchev–Trinajstić information content (AvgIpc) is 3.26. The monoisotopic (exact) mass is 420 g/mol. The second-order valence-corrected chi connectivity index (χ2v) is 7.67. The van der Waals surface area contributed by atoms with Crippen molar-refractivity contribution in [1.29, 1.82) is 0 Å². The molecule has 1 aromatic carbocycles. The zero-order valence-corrected chi connectivity index (χ0v) is 15.4. The molecule has 0 spiro atoms. The summed E-state index contributed by atoms with van der Waals surface area (Å²) in [6.07, 6.45) is -2.72. The highest BCUT2D eigenvalue weighted by atomic mass is 35.5. The van der Waals surface area contributed by atoms with E-state index in [1.807, 2.05) is 0 Å². The van der Waals surface area contributed by atoms with Crippen molar-refractivity contribution in [3.8, 4) is 0 Å². The van der Waals surface area contributed by atoms with Crippen molar-refractivity contribution in [1.82, 2.24) is 0 Å². The first-order chi connectivity index (χ1) is 11.4. The molecule has 2 rings (SSSR count). The lowest BCUT2D eigenvalue weighted by Gasteiger charge is -2.15. The topological polar surface area (TPSA) is 24.4 Å². The van der Waals surface area contributed by atoms with Crippen molar-refractivity contribution < 1.29 is 22.0 Å². The summed E-state index contributed by atoms with van der Waals surface area (Å²) in [5, 5.41) is 3.15. The van der Waals surface area contributed by atoms with Crippen LogP contribution in [0.15, 0.2) is 22.0 Å². The molecule has 1 aromatic rings. The molecule has 0 aromatic heterocycles. The largest absolute Gasteiger partial charge is 0.398 e. The van der Waals surface area contributed by atoms with E-state index in [1.165, 1.54) is 12.1 Å². The smallest absolute Gasteiger partial charge is 0.343 e. The van der Waals surface area contributed by atoms with Crippen LogP contribution >= 0.6 is 35.0 Å². The molecule has 1 N–H and O–H groups in total. The van der Waals surface area contributed by atoms with Gasteiger partial charge >= 0.3 is 6.18 Å². The Morgan fingerprint density at radius 2 is 1.84 bits per heavy atom. The Balaban J connectivity index is 2.19. The van der Waals surface area contributed by atoms with Crippen molar-refractivity contribution in [3.05, 3.63) is 22.2 Å². The predicted octanol–water partition coefficient (Wildman–Crippen LogP) is 6.52. The van der Waals surface area contributed by atoms with Crippen molar-refractivity contribution in [3.63, 3.8) is 0 Å². The van der Waals surface area contributed by atoms with Gasteiger partial charge in [-0.05, 0) is 25.0 Å². The van der Waals surface area contributed by atoms with Crippen LogP contribution in [0, 0.1) is 5.92 Å². The Labute approximate surface area is 156 Å². The molecule has 2 nitrogen and oxygen atoms in total. The molecule has 25 heavy (non-hydrogen) atoms. The van der Waals surface area contributed by atoms with E-state index in [0.29, 0.717) is 23.3 Å². The Kier molecular flexibility index (Phi) is 6.49. The Hall–Kier alpha value is -0.730. The first-order valence-corrected chi connectivity index (χ1v) is 9.06. The Bertz CT molecular complexity index is 655. The second kappa shape index (κ2) is 7.88. The first kappa shape index (κ1) is 20.6. The fourth-order valence-electron chi connectivity index (χ4n) is 1.88. The summed E-state index contributed by atoms with van der Waals surface area (Å²) in [7, 11) is 0. The van der Waals surface area contributed by atoms with Crippen LogP contribution < -0.4 is 5.32 Å². The van der Waals surface area contributed by atoms with E-state index in [2.05, 4.69) is 10.3 Å². The molecule has 0 heterocycles. The van der Waals surface area contributed by atoms with Gasteiger partial charge in [-0.25, -0.2) is 8.78 Å². The van der Waals surface area contributed by atoms with Crippen molar-refractivity contribution in [2.45, 2.75) is 36.8 Å². The second-order valence-electron chi connectivity index (χ2n) is 5.84. The van der Waals surface area contributed by atoms with Gasteiger partial charge in [0.05, 0.1) is 21.5 Å². The lowest BCUT2D eigenvalue weighted by molar-refractivity contribution is -0.105. The molecule has 0 unspecified atom stereocenters. The Morgan fingerprint density at radius 1 is 1.20 bits per heavy atom. The van der Waals surface area contributed by atoms with Gasteiger partial charge in [0.2, 0.25) is 0 Å². The van der Waals surface area contributed by atoms with E-state index in [1.54, 1.807) is 0 Å². The van der Waals surface area contributed by atoms with E-state index in [4.69, 9.17) is 23.2 Å². The number of amidine groups is 1. The number of anilines is 1. The number of alkyl halides is 5. The standard InChI is InChI=1S/C15H15Cl2F5N2S/c1-14(18,19)6-23-13(8-2-3-8)24-11-5-12(10(17)4-9(11)16)25-7-15(20,21)22/h4-5,8H,2-3,6-7H2,1H3,(H,23,24). The van der Waals surface area contributed by atoms with Crippen LogP contribution in [0.25, 0.3) is 0 Å². The zero-order valence-electron chi connectivity index (χ0n) is 13.1. The van der Waals surface area contributed by atoms with Gasteiger partial charge in [-0.2, -0.15) is 13.2 Å². The summed E-state index contributed by atoms with van der Waals surface area (Å²) in [5.41, 5.74) is 0.292. The average molecular weight is 421 g/mol. The summed E-state index contributed by atoms with van der Waals surface area (Å²) in [5.74, 6) is -3.66. The molecular weight excluding hydrogens is 406 g/mol. The van der Waals surface area contributed by atoms with Crippen molar-refractivity contribution >= 4 is 46.5 Å². The number of halogens is 7. The molecular formula is C15H15Cl2F5N2S. The minimum absolute atomic E-state index is 0.0281. The van der Waals surface area contributed by atoms with E-state index in [0.717, 1.165) is 19.8 Å². The third-order valence-corrected chi connectivity index (χ3v) is 5.02. The maximum atomic E-state index is 13.0. The molecule has 10 heteroatoms. The van der Waals surface area contributed by atoms with Crippen molar-refractivity contribution in [2.24, 2.45) is 10.9 Å². The molecule has 1 fully saturated rings. The number of hydrogen-bond acceptors (Lipinski definition) is 2. The number of benzene rings is 1. The van der Waals surface area contributed by atoms with Gasteiger partial charge in [0.15, 0.2) is 0 Å². The van der Waals surface area contributed by atoms with E-state index in [9.17, 15) is 22.0 Å². The molecule has 0 amide bonds. The zero-order chi connectivity index (χ0) is 18.8. The number of hydrogen-bond donors (Lipinski definition) is 1. The molecule has 0 radical (unpaired) electrons. The highest BCUT2D eigenvalue weighted by Crippen LogP contribution is 2.39. The summed E-state index contributed by atoms with van der Waals surface area (Å²) in [6, 6.07) is 2.70. The van der Waals surface area contributed by atoms with Gasteiger partial charge in [0.1, 0.15) is 12.4 Å². The maximum Gasteiger partial charge on any atom is 0.398 e. The first-order valence-electron chi connectivity index (χ1n) is 7.32. The van der Waals surface area contributed by atoms with Crippen LogP contribution in [0.4, 0.5) is 27.6 Å². The fourth-order valence-corrected chi connectivity index (χ4v) is 3.20. The molecule has 140 valence electrons. The maximum absolute atomic E-state index is 13.0. The third-order valence-electron chi connectivity index (χ3n) is 3.17. The lowest BCUT2D eigenvalue weighted by atomic mass is 10.3. The van der Waals surface area contributed by atoms with Gasteiger partial charge in [0, 0.05) is 17.7 Å². The van der Waals surface area contributed by atoms with Gasteiger partial charge < -0.3 is 5.32 Å². The molecule has 0 saturated heterocycles. The molecule has 0 bridgehead atoms. The summed E-state index contributed by atoms with van der Waals surface area (Å²) in [4.78, 5) is 4.10. The third kappa shape index (κ3) is 7.19. The van der Waals surface area contributed by atoms with E-state index >= 15 is 0 Å². The van der Waals surface area contributed by atoms with Gasteiger partial charge in [-0.1, -0.05) is 23.2 Å². The van der Waals surface area contributed by atoms with Gasteiger partial charge in [0.25, 0.3) is 5.92 Å². The highest BCUT2D eigenvalue weighted by Gasteiger charge is 2.31. The highest BCUT2D eigenvalue weighted by molar-refractivity contribution is 7.99. The molecule has 0 aliphatic heterocycles.